The Balaban J connectivity index is 1.71. The summed E-state index contributed by atoms with van der Waals surface area (Å²) in [6.07, 6.45) is 3.31. The second kappa shape index (κ2) is 5.88. The van der Waals surface area contributed by atoms with E-state index in [-0.39, 0.29) is 11.9 Å². The number of fused-ring (bicyclic) bond motifs is 1. The molecule has 1 aliphatic rings. The molecule has 3 heterocycles. The number of aryl methyl sites for hydroxylation is 3. The maximum Gasteiger partial charge on any atom is 0.265 e. The lowest BCUT2D eigenvalue weighted by Gasteiger charge is -2.25. The molecule has 0 aliphatic carbocycles. The fourth-order valence-electron chi connectivity index (χ4n) is 2.63. The Labute approximate surface area is 126 Å². The first-order valence-electron chi connectivity index (χ1n) is 7.26. The molecule has 112 valence electrons. The summed E-state index contributed by atoms with van der Waals surface area (Å²) in [5.41, 5.74) is 0.771. The van der Waals surface area contributed by atoms with Gasteiger partial charge in [0.05, 0.1) is 5.69 Å². The number of rotatable bonds is 4. The van der Waals surface area contributed by atoms with Gasteiger partial charge in [-0.2, -0.15) is 0 Å². The highest BCUT2D eigenvalue weighted by molar-refractivity contribution is 7.08. The molecule has 1 amide bonds. The Bertz CT molecular complexity index is 635. The lowest BCUT2D eigenvalue weighted by Crippen LogP contribution is -2.41. The number of hydrogen-bond acceptors (Lipinski definition) is 6. The Kier molecular flexibility index (Phi) is 3.96. The first-order chi connectivity index (χ1) is 10.2. The van der Waals surface area contributed by atoms with Crippen LogP contribution in [0.2, 0.25) is 0 Å². The van der Waals surface area contributed by atoms with Crippen LogP contribution >= 0.6 is 11.5 Å². The first kappa shape index (κ1) is 14.1. The van der Waals surface area contributed by atoms with Crippen molar-refractivity contribution in [1.82, 2.24) is 29.7 Å². The van der Waals surface area contributed by atoms with Crippen molar-refractivity contribution in [3.8, 4) is 0 Å². The predicted octanol–water partition coefficient (Wildman–Crippen LogP) is 0.999. The van der Waals surface area contributed by atoms with Crippen LogP contribution in [0.1, 0.15) is 47.3 Å². The van der Waals surface area contributed by atoms with E-state index in [4.69, 9.17) is 0 Å². The summed E-state index contributed by atoms with van der Waals surface area (Å²) in [6.45, 7) is 4.78. The molecule has 8 heteroatoms. The summed E-state index contributed by atoms with van der Waals surface area (Å²) >= 11 is 1.16. The van der Waals surface area contributed by atoms with E-state index >= 15 is 0 Å². The summed E-state index contributed by atoms with van der Waals surface area (Å²) in [5.74, 6) is 1.94. The number of amides is 1. The SMILES string of the molecule is CCc1nnsc1C(=O)N[C@@H]1CCc2nnc(CC)n2C1. The van der Waals surface area contributed by atoms with Gasteiger partial charge in [0.15, 0.2) is 0 Å². The van der Waals surface area contributed by atoms with Crippen LogP contribution in [0.3, 0.4) is 0 Å². The Morgan fingerprint density at radius 3 is 2.95 bits per heavy atom. The average molecular weight is 306 g/mol. The standard InChI is InChI=1S/C13H18N6OS/c1-3-9-12(21-18-15-9)13(20)14-8-5-6-11-17-16-10(4-2)19(11)7-8/h8H,3-7H2,1-2H3,(H,14,20)/t8-/m1/s1. The van der Waals surface area contributed by atoms with Gasteiger partial charge < -0.3 is 9.88 Å². The monoisotopic (exact) mass is 306 g/mol. The molecule has 0 spiro atoms. The molecule has 0 fully saturated rings. The highest BCUT2D eigenvalue weighted by Gasteiger charge is 2.25. The minimum Gasteiger partial charge on any atom is -0.347 e. The third kappa shape index (κ3) is 2.67. The number of carbonyl (C=O) groups is 1. The molecule has 0 aromatic carbocycles. The van der Waals surface area contributed by atoms with Crippen molar-refractivity contribution >= 4 is 17.4 Å². The zero-order valence-electron chi connectivity index (χ0n) is 12.2. The van der Waals surface area contributed by atoms with Gasteiger partial charge in [0.1, 0.15) is 16.5 Å². The molecule has 0 radical (unpaired) electrons. The average Bonchev–Trinajstić information content (AvgIpc) is 3.13. The lowest BCUT2D eigenvalue weighted by molar-refractivity contribution is 0.0930. The van der Waals surface area contributed by atoms with Crippen LogP contribution in [0.4, 0.5) is 0 Å². The van der Waals surface area contributed by atoms with Crippen molar-refractivity contribution < 1.29 is 4.79 Å². The van der Waals surface area contributed by atoms with Crippen LogP contribution in [0.25, 0.3) is 0 Å². The Morgan fingerprint density at radius 1 is 1.33 bits per heavy atom. The van der Waals surface area contributed by atoms with E-state index in [2.05, 4.69) is 36.6 Å². The van der Waals surface area contributed by atoms with Crippen LogP contribution in [0.5, 0.6) is 0 Å². The van der Waals surface area contributed by atoms with Crippen molar-refractivity contribution in [1.29, 1.82) is 0 Å². The summed E-state index contributed by atoms with van der Waals surface area (Å²) in [7, 11) is 0. The number of carbonyl (C=O) groups excluding carboxylic acids is 1. The molecule has 3 rings (SSSR count). The summed E-state index contributed by atoms with van der Waals surface area (Å²) in [5, 5.41) is 15.5. The molecule has 0 unspecified atom stereocenters. The van der Waals surface area contributed by atoms with Gasteiger partial charge in [0.2, 0.25) is 0 Å². The maximum atomic E-state index is 12.3. The van der Waals surface area contributed by atoms with Gasteiger partial charge in [-0.15, -0.1) is 15.3 Å². The number of aromatic nitrogens is 5. The second-order valence-electron chi connectivity index (χ2n) is 5.11. The van der Waals surface area contributed by atoms with E-state index in [0.29, 0.717) is 4.88 Å². The second-order valence-corrected chi connectivity index (χ2v) is 5.86. The number of hydrogen-bond donors (Lipinski definition) is 1. The molecule has 0 bridgehead atoms. The van der Waals surface area contributed by atoms with E-state index in [9.17, 15) is 4.79 Å². The molecule has 2 aromatic rings. The van der Waals surface area contributed by atoms with E-state index in [1.54, 1.807) is 0 Å². The van der Waals surface area contributed by atoms with Gasteiger partial charge in [0, 0.05) is 25.4 Å². The topological polar surface area (TPSA) is 85.6 Å². The fourth-order valence-corrected chi connectivity index (χ4v) is 3.28. The predicted molar refractivity (Wildman–Crippen MR) is 78.3 cm³/mol. The van der Waals surface area contributed by atoms with Crippen LogP contribution in [-0.4, -0.2) is 36.3 Å². The highest BCUT2D eigenvalue weighted by atomic mass is 32.1. The molecule has 21 heavy (non-hydrogen) atoms. The van der Waals surface area contributed by atoms with E-state index in [1.165, 1.54) is 0 Å². The fraction of sp³-hybridized carbons (Fsp3) is 0.615. The van der Waals surface area contributed by atoms with E-state index in [1.807, 2.05) is 6.92 Å². The van der Waals surface area contributed by atoms with E-state index < -0.39 is 0 Å². The lowest BCUT2D eigenvalue weighted by atomic mass is 10.1. The zero-order valence-corrected chi connectivity index (χ0v) is 13.0. The summed E-state index contributed by atoms with van der Waals surface area (Å²) < 4.78 is 5.99. The molecule has 0 saturated carbocycles. The van der Waals surface area contributed by atoms with Gasteiger partial charge in [0.25, 0.3) is 5.91 Å². The summed E-state index contributed by atoms with van der Waals surface area (Å²) in [4.78, 5) is 13.0. The van der Waals surface area contributed by atoms with Crippen molar-refractivity contribution in [3.05, 3.63) is 22.2 Å². The van der Waals surface area contributed by atoms with Crippen molar-refractivity contribution in [3.63, 3.8) is 0 Å². The van der Waals surface area contributed by atoms with Crippen LogP contribution in [0, 0.1) is 0 Å². The number of nitrogens with one attached hydrogen (secondary N) is 1. The van der Waals surface area contributed by atoms with Crippen molar-refractivity contribution in [2.75, 3.05) is 0 Å². The minimum atomic E-state index is -0.0681. The van der Waals surface area contributed by atoms with Gasteiger partial charge in [-0.1, -0.05) is 18.3 Å². The van der Waals surface area contributed by atoms with Crippen LogP contribution in [-0.2, 0) is 25.8 Å². The Morgan fingerprint density at radius 2 is 2.19 bits per heavy atom. The zero-order chi connectivity index (χ0) is 14.8. The first-order valence-corrected chi connectivity index (χ1v) is 8.03. The van der Waals surface area contributed by atoms with Gasteiger partial charge in [-0.3, -0.25) is 4.79 Å². The highest BCUT2D eigenvalue weighted by Crippen LogP contribution is 2.17. The maximum absolute atomic E-state index is 12.3. The largest absolute Gasteiger partial charge is 0.347 e. The van der Waals surface area contributed by atoms with Gasteiger partial charge in [-0.05, 0) is 24.4 Å². The molecule has 1 aliphatic heterocycles. The van der Waals surface area contributed by atoms with Gasteiger partial charge >= 0.3 is 0 Å². The van der Waals surface area contributed by atoms with Crippen LogP contribution in [0.15, 0.2) is 0 Å². The van der Waals surface area contributed by atoms with Gasteiger partial charge in [-0.25, -0.2) is 0 Å². The Hall–Kier alpha value is -1.83. The molecule has 7 nitrogen and oxygen atoms in total. The van der Waals surface area contributed by atoms with Crippen molar-refractivity contribution in [2.45, 2.75) is 52.1 Å². The number of nitrogens with zero attached hydrogens (tertiary/aromatic N) is 5. The molecular formula is C13H18N6OS. The third-order valence-corrected chi connectivity index (χ3v) is 4.54. The van der Waals surface area contributed by atoms with Crippen molar-refractivity contribution in [2.24, 2.45) is 0 Å². The summed E-state index contributed by atoms with van der Waals surface area (Å²) in [6, 6.07) is 0.109. The molecular weight excluding hydrogens is 288 g/mol. The smallest absolute Gasteiger partial charge is 0.265 e. The van der Waals surface area contributed by atoms with Crippen LogP contribution < -0.4 is 5.32 Å². The molecule has 1 N–H and O–H groups in total. The minimum absolute atomic E-state index is 0.0681. The molecule has 1 atom stereocenters. The quantitative estimate of drug-likeness (QED) is 0.910. The normalized spacial score (nSPS) is 17.5. The third-order valence-electron chi connectivity index (χ3n) is 3.77. The van der Waals surface area contributed by atoms with E-state index in [0.717, 1.165) is 61.1 Å². The molecule has 2 aromatic heterocycles. The molecule has 0 saturated heterocycles.